The molecule has 0 bridgehead atoms. The van der Waals surface area contributed by atoms with Crippen molar-refractivity contribution >= 4 is 17.9 Å². The number of allylic oxidation sites excluding steroid dienone is 14. The maximum absolute atomic E-state index is 12.8. The lowest BCUT2D eigenvalue weighted by Gasteiger charge is -2.18. The van der Waals surface area contributed by atoms with Crippen LogP contribution in [0.3, 0.4) is 0 Å². The van der Waals surface area contributed by atoms with Crippen molar-refractivity contribution in [2.45, 2.75) is 232 Å². The van der Waals surface area contributed by atoms with Gasteiger partial charge in [-0.05, 0) is 109 Å². The van der Waals surface area contributed by atoms with Crippen molar-refractivity contribution in [2.75, 3.05) is 13.2 Å². The van der Waals surface area contributed by atoms with Gasteiger partial charge in [0, 0.05) is 19.3 Å². The summed E-state index contributed by atoms with van der Waals surface area (Å²) in [6, 6.07) is 0. The van der Waals surface area contributed by atoms with Crippen LogP contribution in [0, 0.1) is 0 Å². The van der Waals surface area contributed by atoms with E-state index in [1.807, 2.05) is 0 Å². The minimum atomic E-state index is -0.812. The average molecular weight is 849 g/mol. The molecule has 348 valence electrons. The van der Waals surface area contributed by atoms with Crippen LogP contribution < -0.4 is 0 Å². The predicted molar refractivity (Wildman–Crippen MR) is 261 cm³/mol. The van der Waals surface area contributed by atoms with Crippen LogP contribution in [0.2, 0.25) is 0 Å². The quantitative estimate of drug-likeness (QED) is 0.0263. The normalized spacial score (nSPS) is 12.3. The van der Waals surface area contributed by atoms with Crippen molar-refractivity contribution in [1.29, 1.82) is 0 Å². The number of hydrogen-bond donors (Lipinski definition) is 0. The first kappa shape index (κ1) is 57.6. The maximum Gasteiger partial charge on any atom is 0.306 e. The van der Waals surface area contributed by atoms with Crippen molar-refractivity contribution in [2.24, 2.45) is 0 Å². The molecule has 0 aromatic heterocycles. The van der Waals surface area contributed by atoms with Crippen LogP contribution in [-0.4, -0.2) is 37.2 Å². The SMILES string of the molecule is CC/C=C\C/C=C\C/C=C\C/C=C\C/C=C\CCCC(=O)OC(COC(=O)CCCCCCC/C=C\CCCCCC)COC(=O)CCCCCCC/C=C\CCCCCC. The molecule has 0 heterocycles. The van der Waals surface area contributed by atoms with Gasteiger partial charge >= 0.3 is 17.9 Å². The smallest absolute Gasteiger partial charge is 0.306 e. The summed E-state index contributed by atoms with van der Waals surface area (Å²) in [5.41, 5.74) is 0. The Morgan fingerprint density at radius 3 is 1.07 bits per heavy atom. The van der Waals surface area contributed by atoms with Crippen LogP contribution in [0.5, 0.6) is 0 Å². The lowest BCUT2D eigenvalue weighted by atomic mass is 10.1. The minimum absolute atomic E-state index is 0.107. The Bertz CT molecular complexity index is 1150. The number of rotatable bonds is 44. The highest BCUT2D eigenvalue weighted by molar-refractivity contribution is 5.71. The fourth-order valence-electron chi connectivity index (χ4n) is 6.58. The second kappa shape index (κ2) is 49.2. The summed E-state index contributed by atoms with van der Waals surface area (Å²) >= 11 is 0. The van der Waals surface area contributed by atoms with E-state index in [4.69, 9.17) is 14.2 Å². The molecule has 0 radical (unpaired) electrons. The molecule has 0 unspecified atom stereocenters. The van der Waals surface area contributed by atoms with Crippen LogP contribution in [0.4, 0.5) is 0 Å². The summed E-state index contributed by atoms with van der Waals surface area (Å²) in [4.78, 5) is 37.9. The summed E-state index contributed by atoms with van der Waals surface area (Å²) in [7, 11) is 0. The molecule has 61 heavy (non-hydrogen) atoms. The van der Waals surface area contributed by atoms with Gasteiger partial charge in [0.25, 0.3) is 0 Å². The van der Waals surface area contributed by atoms with Gasteiger partial charge in [0.05, 0.1) is 0 Å². The Morgan fingerprint density at radius 2 is 0.656 bits per heavy atom. The van der Waals surface area contributed by atoms with E-state index in [2.05, 4.69) is 106 Å². The first-order valence-corrected chi connectivity index (χ1v) is 25.1. The molecule has 0 aromatic carbocycles. The van der Waals surface area contributed by atoms with E-state index in [-0.39, 0.29) is 37.5 Å². The molecular weight excluding hydrogens is 757 g/mol. The van der Waals surface area contributed by atoms with Crippen LogP contribution >= 0.6 is 0 Å². The van der Waals surface area contributed by atoms with Gasteiger partial charge in [-0.1, -0.05) is 183 Å². The summed E-state index contributed by atoms with van der Waals surface area (Å²) < 4.78 is 16.7. The van der Waals surface area contributed by atoms with Crippen LogP contribution in [0.25, 0.3) is 0 Å². The highest BCUT2D eigenvalue weighted by atomic mass is 16.6. The van der Waals surface area contributed by atoms with E-state index >= 15 is 0 Å². The highest BCUT2D eigenvalue weighted by Gasteiger charge is 2.19. The van der Waals surface area contributed by atoms with E-state index in [0.29, 0.717) is 19.3 Å². The molecule has 0 spiro atoms. The maximum atomic E-state index is 12.8. The van der Waals surface area contributed by atoms with Gasteiger partial charge in [-0.25, -0.2) is 0 Å². The van der Waals surface area contributed by atoms with Gasteiger partial charge < -0.3 is 14.2 Å². The largest absolute Gasteiger partial charge is 0.462 e. The van der Waals surface area contributed by atoms with E-state index in [1.165, 1.54) is 77.0 Å². The monoisotopic (exact) mass is 849 g/mol. The summed E-state index contributed by atoms with van der Waals surface area (Å²) in [6.45, 7) is 6.42. The van der Waals surface area contributed by atoms with Gasteiger partial charge in [0.1, 0.15) is 13.2 Å². The molecule has 0 aliphatic rings. The van der Waals surface area contributed by atoms with Crippen molar-refractivity contribution in [3.8, 4) is 0 Å². The Morgan fingerprint density at radius 1 is 0.344 bits per heavy atom. The number of hydrogen-bond acceptors (Lipinski definition) is 6. The number of carbonyl (C=O) groups is 3. The van der Waals surface area contributed by atoms with Crippen LogP contribution in [-0.2, 0) is 28.6 Å². The Labute approximate surface area is 375 Å². The third-order valence-corrected chi connectivity index (χ3v) is 10.4. The number of esters is 3. The Kier molecular flexibility index (Phi) is 46.5. The molecule has 0 fully saturated rings. The van der Waals surface area contributed by atoms with E-state index in [0.717, 1.165) is 103 Å². The van der Waals surface area contributed by atoms with Gasteiger partial charge in [0.15, 0.2) is 6.10 Å². The zero-order valence-corrected chi connectivity index (χ0v) is 39.7. The molecule has 0 saturated heterocycles. The van der Waals surface area contributed by atoms with Crippen LogP contribution in [0.1, 0.15) is 226 Å². The second-order valence-electron chi connectivity index (χ2n) is 16.3. The summed E-state index contributed by atoms with van der Waals surface area (Å²) in [6.07, 6.45) is 62.8. The number of unbranched alkanes of at least 4 members (excludes halogenated alkanes) is 19. The Hall–Kier alpha value is -3.41. The average Bonchev–Trinajstić information content (AvgIpc) is 3.26. The summed E-state index contributed by atoms with van der Waals surface area (Å²) in [5.74, 6) is -0.986. The minimum Gasteiger partial charge on any atom is -0.462 e. The van der Waals surface area contributed by atoms with Gasteiger partial charge in [-0.3, -0.25) is 14.4 Å². The molecule has 6 nitrogen and oxygen atoms in total. The van der Waals surface area contributed by atoms with Crippen molar-refractivity contribution < 1.29 is 28.6 Å². The third-order valence-electron chi connectivity index (χ3n) is 10.4. The van der Waals surface area contributed by atoms with Crippen molar-refractivity contribution in [3.05, 3.63) is 85.1 Å². The first-order chi connectivity index (χ1) is 30.0. The molecule has 0 aliphatic heterocycles. The van der Waals surface area contributed by atoms with E-state index in [1.54, 1.807) is 0 Å². The van der Waals surface area contributed by atoms with E-state index < -0.39 is 6.10 Å². The zero-order chi connectivity index (χ0) is 44.4. The molecule has 0 N–H and O–H groups in total. The lowest BCUT2D eigenvalue weighted by Crippen LogP contribution is -2.30. The van der Waals surface area contributed by atoms with Crippen molar-refractivity contribution in [1.82, 2.24) is 0 Å². The van der Waals surface area contributed by atoms with Gasteiger partial charge in [-0.2, -0.15) is 0 Å². The van der Waals surface area contributed by atoms with Gasteiger partial charge in [-0.15, -0.1) is 0 Å². The topological polar surface area (TPSA) is 78.9 Å². The van der Waals surface area contributed by atoms with E-state index in [9.17, 15) is 14.4 Å². The second-order valence-corrected chi connectivity index (χ2v) is 16.3. The summed E-state index contributed by atoms with van der Waals surface area (Å²) in [5, 5.41) is 0. The first-order valence-electron chi connectivity index (χ1n) is 25.1. The fraction of sp³-hybridized carbons (Fsp3) is 0.691. The zero-order valence-electron chi connectivity index (χ0n) is 39.7. The van der Waals surface area contributed by atoms with Crippen LogP contribution in [0.15, 0.2) is 85.1 Å². The predicted octanol–water partition coefficient (Wildman–Crippen LogP) is 16.4. The van der Waals surface area contributed by atoms with Crippen molar-refractivity contribution in [3.63, 3.8) is 0 Å². The standard InChI is InChI=1S/C55H92O6/c1-4-7-10-13-16-19-22-25-26-27-28-31-34-37-40-43-46-49-55(58)61-52(50-59-53(56)47-44-41-38-35-32-29-23-20-17-14-11-8-5-2)51-60-54(57)48-45-42-39-36-33-30-24-21-18-15-12-9-6-3/h7,10,16,19-21,23-26,28,31,37,40,52H,4-6,8-9,11-15,17-18,22,27,29-30,32-36,38-39,41-51H2,1-3H3/b10-7-,19-16-,23-20-,24-21-,26-25-,31-28-,40-37-. The molecule has 0 atom stereocenters. The molecular formula is C55H92O6. The third kappa shape index (κ3) is 47.5. The fourth-order valence-corrected chi connectivity index (χ4v) is 6.58. The molecule has 0 aromatic rings. The molecule has 0 saturated carbocycles. The molecule has 0 rings (SSSR count). The van der Waals surface area contributed by atoms with Gasteiger partial charge in [0.2, 0.25) is 0 Å². The Balaban J connectivity index is 4.52. The molecule has 0 aliphatic carbocycles. The number of carbonyl (C=O) groups excluding carboxylic acids is 3. The number of ether oxygens (including phenoxy) is 3. The highest BCUT2D eigenvalue weighted by Crippen LogP contribution is 2.13. The molecule has 6 heteroatoms. The molecule has 0 amide bonds. The lowest BCUT2D eigenvalue weighted by molar-refractivity contribution is -0.167.